The number of benzene rings is 1. The highest BCUT2D eigenvalue weighted by Gasteiger charge is 2.05. The minimum absolute atomic E-state index is 0.0533. The van der Waals surface area contributed by atoms with Gasteiger partial charge in [0.25, 0.3) is 0 Å². The second-order valence-electron chi connectivity index (χ2n) is 2.79. The Morgan fingerprint density at radius 3 is 2.47 bits per heavy atom. The Morgan fingerprint density at radius 1 is 1.27 bits per heavy atom. The van der Waals surface area contributed by atoms with Crippen LogP contribution in [0.5, 0.6) is 5.75 Å². The van der Waals surface area contributed by atoms with Gasteiger partial charge < -0.3 is 4.74 Å². The molecule has 0 bridgehead atoms. The summed E-state index contributed by atoms with van der Waals surface area (Å²) in [6.07, 6.45) is 0. The molecule has 1 aromatic carbocycles. The molecule has 0 saturated carbocycles. The maximum absolute atomic E-state index is 12.6. The number of halogens is 2. The van der Waals surface area contributed by atoms with Crippen LogP contribution in [0.1, 0.15) is 0 Å². The van der Waals surface area contributed by atoms with Crippen molar-refractivity contribution < 1.29 is 21.9 Å². The van der Waals surface area contributed by atoms with Gasteiger partial charge in [-0.2, -0.15) is 0 Å². The molecule has 4 nitrogen and oxygen atoms in total. The van der Waals surface area contributed by atoms with Crippen LogP contribution in [0.25, 0.3) is 0 Å². The van der Waals surface area contributed by atoms with Crippen molar-refractivity contribution in [1.82, 2.24) is 0 Å². The summed E-state index contributed by atoms with van der Waals surface area (Å²) in [6.45, 7) is -0.204. The zero-order chi connectivity index (χ0) is 11.5. The summed E-state index contributed by atoms with van der Waals surface area (Å²) < 4.78 is 51.0. The molecular formula is C8H9F2NO3S. The average molecular weight is 237 g/mol. The number of ether oxygens (including phenoxy) is 1. The average Bonchev–Trinajstić information content (AvgIpc) is 2.09. The van der Waals surface area contributed by atoms with Crippen LogP contribution in [-0.4, -0.2) is 20.8 Å². The third kappa shape index (κ3) is 4.22. The van der Waals surface area contributed by atoms with Crippen LogP contribution < -0.4 is 9.88 Å². The predicted octanol–water partition coefficient (Wildman–Crippen LogP) is 0.632. The van der Waals surface area contributed by atoms with Crippen LogP contribution in [0.4, 0.5) is 8.78 Å². The largest absolute Gasteiger partial charge is 0.492 e. The number of sulfonamides is 1. The van der Waals surface area contributed by atoms with Crippen molar-refractivity contribution in [3.63, 3.8) is 0 Å². The van der Waals surface area contributed by atoms with E-state index in [9.17, 15) is 17.2 Å². The summed E-state index contributed by atoms with van der Waals surface area (Å²) in [6, 6.07) is 2.92. The molecule has 0 atom stereocenters. The number of rotatable bonds is 4. The van der Waals surface area contributed by atoms with Crippen LogP contribution in [-0.2, 0) is 10.0 Å². The maximum atomic E-state index is 12.6. The monoisotopic (exact) mass is 237 g/mol. The molecular weight excluding hydrogens is 228 g/mol. The van der Waals surface area contributed by atoms with Crippen molar-refractivity contribution in [3.05, 3.63) is 29.8 Å². The van der Waals surface area contributed by atoms with Gasteiger partial charge in [0.2, 0.25) is 10.0 Å². The first-order valence-corrected chi connectivity index (χ1v) is 5.68. The minimum Gasteiger partial charge on any atom is -0.492 e. The third-order valence-electron chi connectivity index (χ3n) is 1.53. The fraction of sp³-hybridized carbons (Fsp3) is 0.250. The van der Waals surface area contributed by atoms with Gasteiger partial charge in [-0.25, -0.2) is 22.3 Å². The zero-order valence-corrected chi connectivity index (χ0v) is 8.43. The molecule has 0 saturated heterocycles. The maximum Gasteiger partial charge on any atom is 0.212 e. The van der Waals surface area contributed by atoms with E-state index in [0.717, 1.165) is 12.1 Å². The number of hydrogen-bond acceptors (Lipinski definition) is 3. The van der Waals surface area contributed by atoms with Gasteiger partial charge in [-0.3, -0.25) is 0 Å². The normalized spacial score (nSPS) is 11.4. The highest BCUT2D eigenvalue weighted by Crippen LogP contribution is 2.15. The molecule has 0 aliphatic heterocycles. The summed E-state index contributed by atoms with van der Waals surface area (Å²) in [5, 5.41) is 4.71. The summed E-state index contributed by atoms with van der Waals surface area (Å²) in [4.78, 5) is 0. The Bertz CT molecular complexity index is 447. The molecule has 0 spiro atoms. The van der Waals surface area contributed by atoms with Gasteiger partial charge >= 0.3 is 0 Å². The smallest absolute Gasteiger partial charge is 0.212 e. The van der Waals surface area contributed by atoms with E-state index >= 15 is 0 Å². The lowest BCUT2D eigenvalue weighted by Crippen LogP contribution is -2.21. The van der Waals surface area contributed by atoms with Crippen molar-refractivity contribution >= 4 is 10.0 Å². The van der Waals surface area contributed by atoms with Crippen LogP contribution in [0.15, 0.2) is 18.2 Å². The Hall–Kier alpha value is -1.21. The van der Waals surface area contributed by atoms with E-state index in [2.05, 4.69) is 0 Å². The molecule has 0 aliphatic rings. The van der Waals surface area contributed by atoms with Gasteiger partial charge in [0.05, 0.1) is 5.75 Å². The van der Waals surface area contributed by atoms with Crippen LogP contribution in [0.2, 0.25) is 0 Å². The van der Waals surface area contributed by atoms with E-state index in [1.54, 1.807) is 0 Å². The SMILES string of the molecule is NS(=O)(=O)CCOc1ccc(F)c(F)c1. The highest BCUT2D eigenvalue weighted by molar-refractivity contribution is 7.89. The van der Waals surface area contributed by atoms with Gasteiger partial charge in [-0.1, -0.05) is 0 Å². The molecule has 0 aromatic heterocycles. The summed E-state index contributed by atoms with van der Waals surface area (Å²) in [5.74, 6) is -2.37. The Balaban J connectivity index is 2.55. The van der Waals surface area contributed by atoms with Crippen LogP contribution in [0, 0.1) is 11.6 Å². The number of hydrogen-bond donors (Lipinski definition) is 1. The van der Waals surface area contributed by atoms with Gasteiger partial charge in [0, 0.05) is 6.07 Å². The molecule has 15 heavy (non-hydrogen) atoms. The van der Waals surface area contributed by atoms with E-state index in [4.69, 9.17) is 9.88 Å². The van der Waals surface area contributed by atoms with Gasteiger partial charge in [-0.05, 0) is 12.1 Å². The van der Waals surface area contributed by atoms with Crippen molar-refractivity contribution in [2.75, 3.05) is 12.4 Å². The number of nitrogens with two attached hydrogens (primary N) is 1. The van der Waals surface area contributed by atoms with Crippen LogP contribution >= 0.6 is 0 Å². The lowest BCUT2D eigenvalue weighted by atomic mass is 10.3. The fourth-order valence-electron chi connectivity index (χ4n) is 0.842. The second-order valence-corrected chi connectivity index (χ2v) is 4.53. The Morgan fingerprint density at radius 2 is 1.93 bits per heavy atom. The quantitative estimate of drug-likeness (QED) is 0.835. The topological polar surface area (TPSA) is 69.4 Å². The molecule has 1 aromatic rings. The molecule has 0 unspecified atom stereocenters. The van der Waals surface area contributed by atoms with Gasteiger partial charge in [0.1, 0.15) is 12.4 Å². The first-order valence-electron chi connectivity index (χ1n) is 3.97. The van der Waals surface area contributed by atoms with Crippen molar-refractivity contribution in [3.8, 4) is 5.75 Å². The van der Waals surface area contributed by atoms with Crippen LogP contribution in [0.3, 0.4) is 0 Å². The van der Waals surface area contributed by atoms with E-state index in [-0.39, 0.29) is 18.1 Å². The van der Waals surface area contributed by atoms with E-state index < -0.39 is 21.7 Å². The summed E-state index contributed by atoms with van der Waals surface area (Å²) in [5.41, 5.74) is 0. The van der Waals surface area contributed by atoms with E-state index in [0.29, 0.717) is 0 Å². The van der Waals surface area contributed by atoms with Crippen molar-refractivity contribution in [2.45, 2.75) is 0 Å². The highest BCUT2D eigenvalue weighted by atomic mass is 32.2. The fourth-order valence-corrected chi connectivity index (χ4v) is 1.16. The first kappa shape index (κ1) is 11.9. The minimum atomic E-state index is -3.61. The Labute approximate surface area is 85.7 Å². The molecule has 0 radical (unpaired) electrons. The zero-order valence-electron chi connectivity index (χ0n) is 7.61. The van der Waals surface area contributed by atoms with Crippen molar-refractivity contribution in [2.24, 2.45) is 5.14 Å². The molecule has 0 aliphatic carbocycles. The second kappa shape index (κ2) is 4.54. The molecule has 0 amide bonds. The number of primary sulfonamides is 1. The lowest BCUT2D eigenvalue weighted by molar-refractivity contribution is 0.337. The van der Waals surface area contributed by atoms with Crippen molar-refractivity contribution in [1.29, 1.82) is 0 Å². The molecule has 84 valence electrons. The molecule has 2 N–H and O–H groups in total. The standard InChI is InChI=1S/C8H9F2NO3S/c9-7-2-1-6(5-8(7)10)14-3-4-15(11,12)13/h1-2,5H,3-4H2,(H2,11,12,13). The van der Waals surface area contributed by atoms with Gasteiger partial charge in [0.15, 0.2) is 11.6 Å². The summed E-state index contributed by atoms with van der Waals surface area (Å²) in [7, 11) is -3.61. The van der Waals surface area contributed by atoms with Gasteiger partial charge in [-0.15, -0.1) is 0 Å². The molecule has 0 heterocycles. The predicted molar refractivity (Wildman–Crippen MR) is 49.8 cm³/mol. The first-order chi connectivity index (χ1) is 6.88. The third-order valence-corrected chi connectivity index (χ3v) is 2.26. The molecule has 7 heteroatoms. The lowest BCUT2D eigenvalue weighted by Gasteiger charge is -2.04. The molecule has 1 rings (SSSR count). The van der Waals surface area contributed by atoms with E-state index in [1.165, 1.54) is 6.07 Å². The molecule has 0 fully saturated rings. The van der Waals surface area contributed by atoms with E-state index in [1.807, 2.05) is 0 Å². The Kier molecular flexibility index (Phi) is 3.59. The summed E-state index contributed by atoms with van der Waals surface area (Å²) >= 11 is 0.